The van der Waals surface area contributed by atoms with Gasteiger partial charge < -0.3 is 9.80 Å². The largest absolute Gasteiger partial charge is 0.338 e. The molecule has 0 bridgehead atoms. The number of aromatic nitrogens is 1. The number of hydrogen-bond acceptors (Lipinski definition) is 4. The number of nitrogens with zero attached hydrogens (tertiary/aromatic N) is 3. The molecular formula is C23H23FN4O2S. The highest BCUT2D eigenvalue weighted by Gasteiger charge is 2.28. The van der Waals surface area contributed by atoms with Gasteiger partial charge in [-0.2, -0.15) is 0 Å². The van der Waals surface area contributed by atoms with Gasteiger partial charge in [-0.25, -0.2) is 9.18 Å². The Hall–Kier alpha value is -3.26. The molecule has 0 unspecified atom stereocenters. The van der Waals surface area contributed by atoms with Crippen molar-refractivity contribution in [1.82, 2.24) is 14.8 Å². The summed E-state index contributed by atoms with van der Waals surface area (Å²) in [5.74, 6) is -0.313. The van der Waals surface area contributed by atoms with Crippen LogP contribution in [0.2, 0.25) is 0 Å². The van der Waals surface area contributed by atoms with Crippen molar-refractivity contribution < 1.29 is 14.0 Å². The van der Waals surface area contributed by atoms with Gasteiger partial charge in [-0.15, -0.1) is 11.3 Å². The third-order valence-electron chi connectivity index (χ3n) is 5.47. The zero-order valence-electron chi connectivity index (χ0n) is 17.1. The Balaban J connectivity index is 1.32. The molecule has 0 atom stereocenters. The van der Waals surface area contributed by atoms with E-state index in [0.717, 1.165) is 23.3 Å². The number of benzene rings is 1. The first-order valence-electron chi connectivity index (χ1n) is 10.1. The van der Waals surface area contributed by atoms with Crippen molar-refractivity contribution in [3.8, 4) is 10.4 Å². The fourth-order valence-electron chi connectivity index (χ4n) is 3.69. The van der Waals surface area contributed by atoms with Crippen LogP contribution in [0.25, 0.3) is 10.4 Å². The number of amides is 3. The number of rotatable bonds is 4. The number of carbonyl (C=O) groups excluding carboxylic acids is 2. The minimum absolute atomic E-state index is 0.0258. The molecule has 2 aromatic heterocycles. The zero-order valence-corrected chi connectivity index (χ0v) is 17.9. The highest BCUT2D eigenvalue weighted by Crippen LogP contribution is 2.32. The molecule has 3 heterocycles. The van der Waals surface area contributed by atoms with Crippen LogP contribution in [0.4, 0.5) is 14.2 Å². The van der Waals surface area contributed by atoms with Gasteiger partial charge in [-0.3, -0.25) is 15.1 Å². The average molecular weight is 439 g/mol. The van der Waals surface area contributed by atoms with Crippen LogP contribution in [0.3, 0.4) is 0 Å². The number of hydrogen-bond donors (Lipinski definition) is 1. The molecule has 1 fully saturated rings. The lowest BCUT2D eigenvalue weighted by Gasteiger charge is -2.36. The summed E-state index contributed by atoms with van der Waals surface area (Å²) in [5.41, 5.74) is 1.36. The first-order valence-corrected chi connectivity index (χ1v) is 10.9. The van der Waals surface area contributed by atoms with E-state index < -0.39 is 0 Å². The molecule has 1 aliphatic rings. The molecule has 3 amide bonds. The summed E-state index contributed by atoms with van der Waals surface area (Å²) in [6, 6.07) is 13.5. The van der Waals surface area contributed by atoms with E-state index in [1.807, 2.05) is 23.1 Å². The predicted molar refractivity (Wildman–Crippen MR) is 120 cm³/mol. The molecule has 0 aliphatic carbocycles. The van der Waals surface area contributed by atoms with Crippen LogP contribution in [-0.2, 0) is 0 Å². The van der Waals surface area contributed by atoms with Gasteiger partial charge in [0.15, 0.2) is 0 Å². The number of likely N-dealkylation sites (tertiary alicyclic amines) is 1. The second kappa shape index (κ2) is 9.26. The fraction of sp³-hybridized carbons (Fsp3) is 0.261. The van der Waals surface area contributed by atoms with E-state index in [1.54, 1.807) is 42.5 Å². The highest BCUT2D eigenvalue weighted by molar-refractivity contribution is 7.19. The number of pyridine rings is 1. The Bertz CT molecular complexity index is 1060. The molecule has 0 saturated carbocycles. The van der Waals surface area contributed by atoms with Crippen molar-refractivity contribution in [3.63, 3.8) is 0 Å². The lowest BCUT2D eigenvalue weighted by Crippen LogP contribution is -2.48. The van der Waals surface area contributed by atoms with Gasteiger partial charge in [-0.05, 0) is 54.8 Å². The summed E-state index contributed by atoms with van der Waals surface area (Å²) in [5, 5.41) is 3.64. The third-order valence-corrected chi connectivity index (χ3v) is 6.52. The van der Waals surface area contributed by atoms with E-state index in [-0.39, 0.29) is 23.8 Å². The van der Waals surface area contributed by atoms with Crippen molar-refractivity contribution in [1.29, 1.82) is 0 Å². The highest BCUT2D eigenvalue weighted by atomic mass is 32.1. The second-order valence-corrected chi connectivity index (χ2v) is 8.56. The van der Waals surface area contributed by atoms with Crippen LogP contribution in [-0.4, -0.2) is 52.9 Å². The molecule has 0 radical (unpaired) electrons. The van der Waals surface area contributed by atoms with E-state index in [0.29, 0.717) is 23.7 Å². The van der Waals surface area contributed by atoms with E-state index >= 15 is 0 Å². The molecular weight excluding hydrogens is 415 g/mol. The van der Waals surface area contributed by atoms with E-state index in [1.165, 1.54) is 23.5 Å². The van der Waals surface area contributed by atoms with Gasteiger partial charge in [0.1, 0.15) is 5.82 Å². The first-order chi connectivity index (χ1) is 15.0. The van der Waals surface area contributed by atoms with Gasteiger partial charge in [0.2, 0.25) is 0 Å². The summed E-state index contributed by atoms with van der Waals surface area (Å²) in [4.78, 5) is 33.7. The maximum atomic E-state index is 13.5. The van der Waals surface area contributed by atoms with E-state index in [2.05, 4.69) is 10.3 Å². The maximum Gasteiger partial charge on any atom is 0.322 e. The molecule has 31 heavy (non-hydrogen) atoms. The van der Waals surface area contributed by atoms with E-state index in [4.69, 9.17) is 0 Å². The maximum absolute atomic E-state index is 13.5. The second-order valence-electron chi connectivity index (χ2n) is 7.48. The standard InChI is InChI=1S/C23H23FN4O2S/c1-27(19-9-12-28(13-10-19)22(29)17-5-3-11-25-15-17)23(30)26-21-8-7-20(31-21)16-4-2-6-18(24)14-16/h2-8,11,14-15,19H,9-10,12-13H2,1H3,(H,26,30). The number of thiophene rings is 1. The minimum Gasteiger partial charge on any atom is -0.338 e. The Morgan fingerprint density at radius 2 is 1.97 bits per heavy atom. The Morgan fingerprint density at radius 1 is 1.16 bits per heavy atom. The van der Waals surface area contributed by atoms with Gasteiger partial charge in [0.25, 0.3) is 5.91 Å². The smallest absolute Gasteiger partial charge is 0.322 e. The summed E-state index contributed by atoms with van der Waals surface area (Å²) < 4.78 is 13.5. The molecule has 1 aromatic carbocycles. The van der Waals surface area contributed by atoms with Crippen LogP contribution < -0.4 is 5.32 Å². The van der Waals surface area contributed by atoms with Crippen LogP contribution >= 0.6 is 11.3 Å². The molecule has 0 spiro atoms. The third kappa shape index (κ3) is 4.91. The van der Waals surface area contributed by atoms with Crippen LogP contribution in [0.5, 0.6) is 0 Å². The summed E-state index contributed by atoms with van der Waals surface area (Å²) in [6.07, 6.45) is 4.65. The number of carbonyl (C=O) groups is 2. The van der Waals surface area contributed by atoms with Crippen molar-refractivity contribution >= 4 is 28.3 Å². The number of anilines is 1. The fourth-order valence-corrected chi connectivity index (χ4v) is 4.58. The zero-order chi connectivity index (χ0) is 21.8. The molecule has 6 nitrogen and oxygen atoms in total. The van der Waals surface area contributed by atoms with Crippen molar-refractivity contribution in [2.24, 2.45) is 0 Å². The van der Waals surface area contributed by atoms with Crippen molar-refractivity contribution in [3.05, 3.63) is 72.3 Å². The molecule has 3 aromatic rings. The summed E-state index contributed by atoms with van der Waals surface area (Å²) in [7, 11) is 1.78. The van der Waals surface area contributed by atoms with Crippen molar-refractivity contribution in [2.75, 3.05) is 25.5 Å². The molecule has 1 N–H and O–H groups in total. The van der Waals surface area contributed by atoms with Gasteiger partial charge >= 0.3 is 6.03 Å². The number of halogens is 1. The van der Waals surface area contributed by atoms with Gasteiger partial charge in [0, 0.05) is 43.4 Å². The lowest BCUT2D eigenvalue weighted by molar-refractivity contribution is 0.0671. The molecule has 1 aliphatic heterocycles. The monoisotopic (exact) mass is 438 g/mol. The van der Waals surface area contributed by atoms with Gasteiger partial charge in [-0.1, -0.05) is 12.1 Å². The topological polar surface area (TPSA) is 65.5 Å². The Morgan fingerprint density at radius 3 is 2.68 bits per heavy atom. The first kappa shape index (κ1) is 21.0. The lowest BCUT2D eigenvalue weighted by atomic mass is 10.0. The van der Waals surface area contributed by atoms with Crippen LogP contribution in [0.1, 0.15) is 23.2 Å². The average Bonchev–Trinajstić information content (AvgIpc) is 3.27. The van der Waals surface area contributed by atoms with Gasteiger partial charge in [0.05, 0.1) is 10.6 Å². The summed E-state index contributed by atoms with van der Waals surface area (Å²) >= 11 is 1.40. The van der Waals surface area contributed by atoms with Crippen LogP contribution in [0, 0.1) is 5.82 Å². The van der Waals surface area contributed by atoms with E-state index in [9.17, 15) is 14.0 Å². The van der Waals surface area contributed by atoms with Crippen LogP contribution in [0.15, 0.2) is 60.9 Å². The normalized spacial score (nSPS) is 14.3. The number of urea groups is 1. The van der Waals surface area contributed by atoms with Crippen molar-refractivity contribution in [2.45, 2.75) is 18.9 Å². The molecule has 8 heteroatoms. The number of nitrogens with one attached hydrogen (secondary N) is 1. The molecule has 1 saturated heterocycles. The molecule has 4 rings (SSSR count). The predicted octanol–water partition coefficient (Wildman–Crippen LogP) is 4.72. The quantitative estimate of drug-likeness (QED) is 0.641. The SMILES string of the molecule is CN(C(=O)Nc1ccc(-c2cccc(F)c2)s1)C1CCN(C(=O)c2cccnc2)CC1. The minimum atomic E-state index is -0.287. The molecule has 160 valence electrons. The number of piperidine rings is 1. The summed E-state index contributed by atoms with van der Waals surface area (Å²) in [6.45, 7) is 1.19. The Kier molecular flexibility index (Phi) is 6.27. The Labute approximate surface area is 184 Å².